The standard InChI is InChI=1S/C14H17Br2N3/c1-9-14(16)13(19(3)18-9)8-12(17-2)10-4-6-11(15)7-5-10/h4-7,12,17H,8H2,1-3H3. The predicted octanol–water partition coefficient (Wildman–Crippen LogP) is 3.76. The van der Waals surface area contributed by atoms with E-state index in [1.165, 1.54) is 11.3 Å². The molecule has 0 bridgehead atoms. The molecule has 1 aromatic heterocycles. The number of aromatic nitrogens is 2. The molecule has 1 N–H and O–H groups in total. The number of benzene rings is 1. The average molecular weight is 387 g/mol. The van der Waals surface area contributed by atoms with Gasteiger partial charge >= 0.3 is 0 Å². The first-order valence-electron chi connectivity index (χ1n) is 6.13. The minimum atomic E-state index is 0.277. The lowest BCUT2D eigenvalue weighted by Crippen LogP contribution is -2.20. The Hall–Kier alpha value is -0.650. The fraction of sp³-hybridized carbons (Fsp3) is 0.357. The van der Waals surface area contributed by atoms with E-state index in [2.05, 4.69) is 66.5 Å². The summed E-state index contributed by atoms with van der Waals surface area (Å²) in [4.78, 5) is 0. The van der Waals surface area contributed by atoms with Crippen molar-refractivity contribution in [2.75, 3.05) is 7.05 Å². The molecule has 0 radical (unpaired) electrons. The van der Waals surface area contributed by atoms with Crippen LogP contribution in [0.25, 0.3) is 0 Å². The second kappa shape index (κ2) is 6.20. The molecule has 0 aliphatic heterocycles. The number of hydrogen-bond acceptors (Lipinski definition) is 2. The van der Waals surface area contributed by atoms with Crippen LogP contribution in [0, 0.1) is 6.92 Å². The summed E-state index contributed by atoms with van der Waals surface area (Å²) in [6.07, 6.45) is 0.899. The lowest BCUT2D eigenvalue weighted by Gasteiger charge is -2.17. The van der Waals surface area contributed by atoms with Gasteiger partial charge in [0.1, 0.15) is 0 Å². The van der Waals surface area contributed by atoms with Gasteiger partial charge in [0, 0.05) is 24.0 Å². The number of nitrogens with zero attached hydrogens (tertiary/aromatic N) is 2. The SMILES string of the molecule is CNC(Cc1c(Br)c(C)nn1C)c1ccc(Br)cc1. The zero-order valence-corrected chi connectivity index (χ0v) is 14.4. The maximum absolute atomic E-state index is 4.44. The topological polar surface area (TPSA) is 29.9 Å². The Kier molecular flexibility index (Phi) is 4.81. The van der Waals surface area contributed by atoms with E-state index in [1.54, 1.807) is 0 Å². The molecule has 1 aromatic carbocycles. The minimum Gasteiger partial charge on any atom is -0.313 e. The van der Waals surface area contributed by atoms with Gasteiger partial charge < -0.3 is 5.32 Å². The fourth-order valence-corrected chi connectivity index (χ4v) is 2.94. The molecule has 2 rings (SSSR count). The lowest BCUT2D eigenvalue weighted by molar-refractivity contribution is 0.560. The molecule has 0 fully saturated rings. The third-order valence-electron chi connectivity index (χ3n) is 3.28. The minimum absolute atomic E-state index is 0.277. The monoisotopic (exact) mass is 385 g/mol. The first-order valence-corrected chi connectivity index (χ1v) is 7.72. The summed E-state index contributed by atoms with van der Waals surface area (Å²) in [7, 11) is 3.98. The summed E-state index contributed by atoms with van der Waals surface area (Å²) >= 11 is 7.09. The molecule has 5 heteroatoms. The molecule has 0 saturated heterocycles. The molecule has 3 nitrogen and oxygen atoms in total. The third-order valence-corrected chi connectivity index (χ3v) is 4.84. The number of halogens is 2. The molecule has 0 aliphatic rings. The van der Waals surface area contributed by atoms with Gasteiger partial charge in [0.15, 0.2) is 0 Å². The van der Waals surface area contributed by atoms with Crippen LogP contribution in [0.3, 0.4) is 0 Å². The van der Waals surface area contributed by atoms with Crippen molar-refractivity contribution in [2.24, 2.45) is 7.05 Å². The van der Waals surface area contributed by atoms with Crippen LogP contribution in [-0.2, 0) is 13.5 Å². The molecule has 2 aromatic rings. The van der Waals surface area contributed by atoms with E-state index in [4.69, 9.17) is 0 Å². The maximum atomic E-state index is 4.44. The van der Waals surface area contributed by atoms with E-state index in [0.717, 1.165) is 21.1 Å². The number of nitrogens with one attached hydrogen (secondary N) is 1. The van der Waals surface area contributed by atoms with E-state index in [1.807, 2.05) is 25.7 Å². The molecule has 1 atom stereocenters. The Labute approximate surface area is 130 Å². The number of aryl methyl sites for hydroxylation is 2. The highest BCUT2D eigenvalue weighted by Crippen LogP contribution is 2.26. The normalized spacial score (nSPS) is 12.7. The first-order chi connectivity index (χ1) is 9.02. The van der Waals surface area contributed by atoms with Gasteiger partial charge in [-0.1, -0.05) is 28.1 Å². The lowest BCUT2D eigenvalue weighted by atomic mass is 10.0. The van der Waals surface area contributed by atoms with Gasteiger partial charge in [-0.25, -0.2) is 0 Å². The highest BCUT2D eigenvalue weighted by molar-refractivity contribution is 9.10. The highest BCUT2D eigenvalue weighted by Gasteiger charge is 2.17. The molecule has 0 amide bonds. The summed E-state index contributed by atoms with van der Waals surface area (Å²) < 4.78 is 4.15. The fourth-order valence-electron chi connectivity index (χ4n) is 2.18. The van der Waals surface area contributed by atoms with Crippen molar-refractivity contribution in [2.45, 2.75) is 19.4 Å². The molecule has 19 heavy (non-hydrogen) atoms. The third kappa shape index (κ3) is 3.27. The predicted molar refractivity (Wildman–Crippen MR) is 85.3 cm³/mol. The molecule has 1 unspecified atom stereocenters. The Bertz CT molecular complexity index is 561. The highest BCUT2D eigenvalue weighted by atomic mass is 79.9. The number of likely N-dealkylation sites (N-methyl/N-ethyl adjacent to an activating group) is 1. The average Bonchev–Trinajstić information content (AvgIpc) is 2.63. The van der Waals surface area contributed by atoms with E-state index in [9.17, 15) is 0 Å². The molecule has 102 valence electrons. The van der Waals surface area contributed by atoms with Crippen molar-refractivity contribution in [1.29, 1.82) is 0 Å². The summed E-state index contributed by atoms with van der Waals surface area (Å²) in [5.74, 6) is 0. The number of rotatable bonds is 4. The summed E-state index contributed by atoms with van der Waals surface area (Å²) in [5.41, 5.74) is 3.51. The molecule has 1 heterocycles. The first kappa shape index (κ1) is 14.8. The van der Waals surface area contributed by atoms with Crippen molar-refractivity contribution >= 4 is 31.9 Å². The molecule has 0 spiro atoms. The molecular weight excluding hydrogens is 370 g/mol. The largest absolute Gasteiger partial charge is 0.313 e. The van der Waals surface area contributed by atoms with Crippen LogP contribution in [-0.4, -0.2) is 16.8 Å². The van der Waals surface area contributed by atoms with Crippen LogP contribution in [0.1, 0.15) is 23.0 Å². The van der Waals surface area contributed by atoms with Gasteiger partial charge in [0.05, 0.1) is 15.9 Å². The van der Waals surface area contributed by atoms with Crippen molar-refractivity contribution < 1.29 is 0 Å². The molecule has 0 aliphatic carbocycles. The van der Waals surface area contributed by atoms with Crippen LogP contribution in [0.5, 0.6) is 0 Å². The quantitative estimate of drug-likeness (QED) is 0.866. The van der Waals surface area contributed by atoms with E-state index in [0.29, 0.717) is 0 Å². The van der Waals surface area contributed by atoms with Gasteiger partial charge in [-0.2, -0.15) is 5.10 Å². The van der Waals surface area contributed by atoms with E-state index < -0.39 is 0 Å². The van der Waals surface area contributed by atoms with Crippen molar-refractivity contribution in [3.05, 3.63) is 50.2 Å². The van der Waals surface area contributed by atoms with Crippen molar-refractivity contribution in [1.82, 2.24) is 15.1 Å². The zero-order valence-electron chi connectivity index (χ0n) is 11.2. The van der Waals surface area contributed by atoms with Crippen molar-refractivity contribution in [3.63, 3.8) is 0 Å². The van der Waals surface area contributed by atoms with Crippen LogP contribution >= 0.6 is 31.9 Å². The van der Waals surface area contributed by atoms with Gasteiger partial charge in [0.2, 0.25) is 0 Å². The van der Waals surface area contributed by atoms with Gasteiger partial charge in [-0.05, 0) is 47.6 Å². The van der Waals surface area contributed by atoms with Gasteiger partial charge in [-0.15, -0.1) is 0 Å². The Morgan fingerprint density at radius 2 is 1.89 bits per heavy atom. The van der Waals surface area contributed by atoms with Crippen LogP contribution in [0.2, 0.25) is 0 Å². The van der Waals surface area contributed by atoms with Gasteiger partial charge in [0.25, 0.3) is 0 Å². The maximum Gasteiger partial charge on any atom is 0.0738 e. The Balaban J connectivity index is 2.26. The van der Waals surface area contributed by atoms with Crippen LogP contribution in [0.4, 0.5) is 0 Å². The smallest absolute Gasteiger partial charge is 0.0738 e. The van der Waals surface area contributed by atoms with E-state index >= 15 is 0 Å². The van der Waals surface area contributed by atoms with Crippen molar-refractivity contribution in [3.8, 4) is 0 Å². The van der Waals surface area contributed by atoms with E-state index in [-0.39, 0.29) is 6.04 Å². The second-order valence-corrected chi connectivity index (χ2v) is 6.28. The molecule has 0 saturated carbocycles. The zero-order chi connectivity index (χ0) is 14.0. The van der Waals surface area contributed by atoms with Gasteiger partial charge in [-0.3, -0.25) is 4.68 Å². The summed E-state index contributed by atoms with van der Waals surface area (Å²) in [5, 5.41) is 7.81. The van der Waals surface area contributed by atoms with Crippen LogP contribution in [0.15, 0.2) is 33.2 Å². The summed E-state index contributed by atoms with van der Waals surface area (Å²) in [6, 6.07) is 8.70. The molecular formula is C14H17Br2N3. The van der Waals surface area contributed by atoms with Crippen LogP contribution < -0.4 is 5.32 Å². The number of hydrogen-bond donors (Lipinski definition) is 1. The second-order valence-electron chi connectivity index (χ2n) is 4.57. The Morgan fingerprint density at radius 1 is 1.26 bits per heavy atom. The summed E-state index contributed by atoms with van der Waals surface area (Å²) in [6.45, 7) is 2.02. The Morgan fingerprint density at radius 3 is 2.37 bits per heavy atom.